The third-order valence-corrected chi connectivity index (χ3v) is 3.35. The third kappa shape index (κ3) is 2.55. The summed E-state index contributed by atoms with van der Waals surface area (Å²) in [7, 11) is 0. The van der Waals surface area contributed by atoms with Gasteiger partial charge in [-0.05, 0) is 19.1 Å². The molecule has 3 heterocycles. The van der Waals surface area contributed by atoms with Crippen LogP contribution >= 0.6 is 0 Å². The molecule has 0 saturated carbocycles. The molecule has 6 heteroatoms. The average Bonchev–Trinajstić information content (AvgIpc) is 2.97. The molecule has 0 aromatic carbocycles. The van der Waals surface area contributed by atoms with Crippen LogP contribution in [0.5, 0.6) is 0 Å². The van der Waals surface area contributed by atoms with Crippen LogP contribution in [0.3, 0.4) is 0 Å². The van der Waals surface area contributed by atoms with Gasteiger partial charge in [0.05, 0.1) is 0 Å². The first-order chi connectivity index (χ1) is 9.74. The van der Waals surface area contributed by atoms with Crippen molar-refractivity contribution in [2.24, 2.45) is 0 Å². The molecule has 3 rings (SSSR count). The summed E-state index contributed by atoms with van der Waals surface area (Å²) in [5, 5.41) is 7.19. The van der Waals surface area contributed by atoms with Crippen molar-refractivity contribution < 1.29 is 9.32 Å². The Bertz CT molecular complexity index is 596. The first-order valence-electron chi connectivity index (χ1n) is 6.64. The zero-order chi connectivity index (χ0) is 13.9. The summed E-state index contributed by atoms with van der Waals surface area (Å²) in [6, 6.07) is 5.63. The van der Waals surface area contributed by atoms with E-state index in [0.717, 1.165) is 12.1 Å². The molecule has 0 bridgehead atoms. The predicted octanol–water partition coefficient (Wildman–Crippen LogP) is 1.17. The van der Waals surface area contributed by atoms with Crippen molar-refractivity contribution in [3.8, 4) is 11.3 Å². The maximum Gasteiger partial charge on any atom is 0.276 e. The highest BCUT2D eigenvalue weighted by atomic mass is 16.5. The van der Waals surface area contributed by atoms with Crippen LogP contribution in [0.4, 0.5) is 0 Å². The summed E-state index contributed by atoms with van der Waals surface area (Å²) in [5.41, 5.74) is 1.21. The fourth-order valence-corrected chi connectivity index (χ4v) is 2.31. The molecule has 0 aliphatic carbocycles. The van der Waals surface area contributed by atoms with E-state index in [0.29, 0.717) is 30.6 Å². The monoisotopic (exact) mass is 272 g/mol. The highest BCUT2D eigenvalue weighted by molar-refractivity contribution is 5.93. The molecule has 1 amide bonds. The van der Waals surface area contributed by atoms with Crippen LogP contribution in [-0.2, 0) is 0 Å². The molecule has 2 aromatic heterocycles. The Morgan fingerprint density at radius 1 is 1.45 bits per heavy atom. The summed E-state index contributed by atoms with van der Waals surface area (Å²) in [4.78, 5) is 18.1. The van der Waals surface area contributed by atoms with E-state index in [-0.39, 0.29) is 5.91 Å². The highest BCUT2D eigenvalue weighted by Crippen LogP contribution is 2.20. The number of nitrogens with zero attached hydrogens (tertiary/aromatic N) is 3. The number of piperazine rings is 1. The molecule has 1 N–H and O–H groups in total. The van der Waals surface area contributed by atoms with Gasteiger partial charge in [0.1, 0.15) is 0 Å². The molecule has 1 saturated heterocycles. The lowest BCUT2D eigenvalue weighted by molar-refractivity contribution is 0.0698. The van der Waals surface area contributed by atoms with E-state index in [4.69, 9.17) is 4.52 Å². The summed E-state index contributed by atoms with van der Waals surface area (Å²) in [6.07, 6.45) is 3.36. The Morgan fingerprint density at radius 2 is 2.25 bits per heavy atom. The van der Waals surface area contributed by atoms with Crippen LogP contribution in [-0.4, -0.2) is 46.6 Å². The largest absolute Gasteiger partial charge is 0.355 e. The molecule has 6 nitrogen and oxygen atoms in total. The molecule has 2 aromatic rings. The SMILES string of the molecule is C[C@@H]1CN(C(=O)c2cc(-c3ccncc3)on2)CCN1. The van der Waals surface area contributed by atoms with Gasteiger partial charge < -0.3 is 14.7 Å². The van der Waals surface area contributed by atoms with E-state index in [1.54, 1.807) is 23.4 Å². The van der Waals surface area contributed by atoms with E-state index in [2.05, 4.69) is 22.4 Å². The van der Waals surface area contributed by atoms with Crippen LogP contribution in [0.15, 0.2) is 35.1 Å². The van der Waals surface area contributed by atoms with E-state index in [1.165, 1.54) is 0 Å². The Labute approximate surface area is 116 Å². The summed E-state index contributed by atoms with van der Waals surface area (Å²) in [6.45, 7) is 4.25. The van der Waals surface area contributed by atoms with Gasteiger partial charge >= 0.3 is 0 Å². The van der Waals surface area contributed by atoms with Crippen LogP contribution < -0.4 is 5.32 Å². The molecule has 0 spiro atoms. The zero-order valence-electron chi connectivity index (χ0n) is 11.2. The second-order valence-electron chi connectivity index (χ2n) is 4.92. The number of rotatable bonds is 2. The van der Waals surface area contributed by atoms with Crippen LogP contribution in [0.2, 0.25) is 0 Å². The number of amides is 1. The Balaban J connectivity index is 1.78. The maximum absolute atomic E-state index is 12.4. The van der Waals surface area contributed by atoms with Gasteiger partial charge in [0.15, 0.2) is 11.5 Å². The molecule has 20 heavy (non-hydrogen) atoms. The number of nitrogens with one attached hydrogen (secondary N) is 1. The lowest BCUT2D eigenvalue weighted by Gasteiger charge is -2.31. The van der Waals surface area contributed by atoms with E-state index in [1.807, 2.05) is 12.1 Å². The number of carbonyl (C=O) groups excluding carboxylic acids is 1. The maximum atomic E-state index is 12.4. The van der Waals surface area contributed by atoms with Gasteiger partial charge in [-0.25, -0.2) is 0 Å². The number of hydrogen-bond donors (Lipinski definition) is 1. The van der Waals surface area contributed by atoms with Gasteiger partial charge in [-0.2, -0.15) is 0 Å². The van der Waals surface area contributed by atoms with Crippen molar-refractivity contribution in [2.75, 3.05) is 19.6 Å². The summed E-state index contributed by atoms with van der Waals surface area (Å²) in [5.74, 6) is 0.501. The minimum Gasteiger partial charge on any atom is -0.355 e. The van der Waals surface area contributed by atoms with Crippen molar-refractivity contribution in [3.63, 3.8) is 0 Å². The predicted molar refractivity (Wildman–Crippen MR) is 73.1 cm³/mol. The Morgan fingerprint density at radius 3 is 3.00 bits per heavy atom. The van der Waals surface area contributed by atoms with Crippen LogP contribution in [0.25, 0.3) is 11.3 Å². The van der Waals surface area contributed by atoms with E-state index < -0.39 is 0 Å². The van der Waals surface area contributed by atoms with Gasteiger partial charge in [-0.1, -0.05) is 5.16 Å². The number of pyridine rings is 1. The molecular weight excluding hydrogens is 256 g/mol. The van der Waals surface area contributed by atoms with Gasteiger partial charge in [0, 0.05) is 49.7 Å². The first-order valence-corrected chi connectivity index (χ1v) is 6.64. The van der Waals surface area contributed by atoms with Crippen molar-refractivity contribution >= 4 is 5.91 Å². The molecule has 0 unspecified atom stereocenters. The van der Waals surface area contributed by atoms with Crippen LogP contribution in [0, 0.1) is 0 Å². The number of carbonyl (C=O) groups is 1. The lowest BCUT2D eigenvalue weighted by Crippen LogP contribution is -2.51. The van der Waals surface area contributed by atoms with Crippen molar-refractivity contribution in [3.05, 3.63) is 36.3 Å². The average molecular weight is 272 g/mol. The molecule has 1 fully saturated rings. The normalized spacial score (nSPS) is 19.1. The third-order valence-electron chi connectivity index (χ3n) is 3.35. The van der Waals surface area contributed by atoms with Gasteiger partial charge in [0.2, 0.25) is 0 Å². The Kier molecular flexibility index (Phi) is 3.47. The standard InChI is InChI=1S/C14H16N4O2/c1-10-9-18(7-6-16-10)14(19)12-8-13(20-17-12)11-2-4-15-5-3-11/h2-5,8,10,16H,6-7,9H2,1H3/t10-/m1/s1. The van der Waals surface area contributed by atoms with Gasteiger partial charge in [-0.3, -0.25) is 9.78 Å². The number of aromatic nitrogens is 2. The van der Waals surface area contributed by atoms with Crippen molar-refractivity contribution in [1.82, 2.24) is 20.4 Å². The second-order valence-corrected chi connectivity index (χ2v) is 4.92. The fourth-order valence-electron chi connectivity index (χ4n) is 2.31. The van der Waals surface area contributed by atoms with E-state index in [9.17, 15) is 4.79 Å². The second kappa shape index (κ2) is 5.42. The molecule has 0 radical (unpaired) electrons. The minimum absolute atomic E-state index is 0.0811. The van der Waals surface area contributed by atoms with Gasteiger partial charge in [-0.15, -0.1) is 0 Å². The molecule has 104 valence electrons. The smallest absolute Gasteiger partial charge is 0.276 e. The van der Waals surface area contributed by atoms with Gasteiger partial charge in [0.25, 0.3) is 5.91 Å². The first kappa shape index (κ1) is 12.8. The molecular formula is C14H16N4O2. The Hall–Kier alpha value is -2.21. The van der Waals surface area contributed by atoms with Crippen LogP contribution in [0.1, 0.15) is 17.4 Å². The molecule has 1 aliphatic rings. The summed E-state index contributed by atoms with van der Waals surface area (Å²) >= 11 is 0. The topological polar surface area (TPSA) is 71.3 Å². The van der Waals surface area contributed by atoms with E-state index >= 15 is 0 Å². The highest BCUT2D eigenvalue weighted by Gasteiger charge is 2.24. The summed E-state index contributed by atoms with van der Waals surface area (Å²) < 4.78 is 5.25. The van der Waals surface area contributed by atoms with Crippen molar-refractivity contribution in [1.29, 1.82) is 0 Å². The fraction of sp³-hybridized carbons (Fsp3) is 0.357. The quantitative estimate of drug-likeness (QED) is 0.888. The minimum atomic E-state index is -0.0811. The zero-order valence-corrected chi connectivity index (χ0v) is 11.2. The number of hydrogen-bond acceptors (Lipinski definition) is 5. The molecule has 1 aliphatic heterocycles. The van der Waals surface area contributed by atoms with Crippen molar-refractivity contribution in [2.45, 2.75) is 13.0 Å². The molecule has 1 atom stereocenters. The lowest BCUT2D eigenvalue weighted by atomic mass is 10.2.